The van der Waals surface area contributed by atoms with Gasteiger partial charge in [0.2, 0.25) is 0 Å². The molecule has 2 aromatic rings. The largest absolute Gasteiger partial charge is 0.342 e. The zero-order chi connectivity index (χ0) is 12.0. The molecule has 0 spiro atoms. The van der Waals surface area contributed by atoms with Gasteiger partial charge in [0, 0.05) is 41.8 Å². The highest BCUT2D eigenvalue weighted by molar-refractivity contribution is 5.90. The summed E-state index contributed by atoms with van der Waals surface area (Å²) in [4.78, 5) is 13.2. The van der Waals surface area contributed by atoms with Crippen molar-refractivity contribution >= 4 is 17.2 Å². The van der Waals surface area contributed by atoms with Crippen molar-refractivity contribution in [2.45, 2.75) is 20.0 Å². The van der Waals surface area contributed by atoms with Gasteiger partial charge in [0.15, 0.2) is 0 Å². The molecule has 0 atom stereocenters. The lowest BCUT2D eigenvalue weighted by atomic mass is 10.1. The molecule has 0 radical (unpaired) electrons. The average Bonchev–Trinajstić information content (AvgIpc) is 2.62. The van der Waals surface area contributed by atoms with Crippen LogP contribution in [0.25, 0.3) is 10.9 Å². The molecule has 0 saturated carbocycles. The number of benzene rings is 1. The second-order valence-electron chi connectivity index (χ2n) is 4.86. The Balaban J connectivity index is 2.29. The molecule has 88 valence electrons. The number of hydrogen-bond acceptors (Lipinski definition) is 2. The Kier molecular flexibility index (Phi) is 2.30. The summed E-state index contributed by atoms with van der Waals surface area (Å²) in [5.41, 5.74) is 4.72. The molecule has 3 heteroatoms. The Hall–Kier alpha value is -1.61. The normalized spacial score (nSPS) is 16.1. The van der Waals surface area contributed by atoms with E-state index in [9.17, 15) is 4.79 Å². The van der Waals surface area contributed by atoms with Crippen molar-refractivity contribution in [3.63, 3.8) is 0 Å². The van der Waals surface area contributed by atoms with E-state index in [-0.39, 0.29) is 0 Å². The molecule has 3 nitrogen and oxygen atoms in total. The minimum Gasteiger partial charge on any atom is -0.342 e. The number of aromatic nitrogens is 1. The Morgan fingerprint density at radius 2 is 2.12 bits per heavy atom. The number of aldehydes is 1. The molecule has 0 fully saturated rings. The monoisotopic (exact) mass is 228 g/mol. The Bertz CT molecular complexity index is 598. The standard InChI is InChI=1S/C14H16N2O/c1-10-12-7-11(9-17)3-4-13(12)16-6-5-15(2)8-14(10)16/h3-4,7,9H,5-6,8H2,1-2H3. The molecule has 3 rings (SSSR count). The fourth-order valence-corrected chi connectivity index (χ4v) is 2.73. The van der Waals surface area contributed by atoms with Gasteiger partial charge >= 0.3 is 0 Å². The summed E-state index contributed by atoms with van der Waals surface area (Å²) in [6, 6.07) is 5.98. The lowest BCUT2D eigenvalue weighted by Crippen LogP contribution is -2.30. The maximum Gasteiger partial charge on any atom is 0.150 e. The van der Waals surface area contributed by atoms with Gasteiger partial charge < -0.3 is 4.57 Å². The molecular weight excluding hydrogens is 212 g/mol. The van der Waals surface area contributed by atoms with Crippen LogP contribution < -0.4 is 0 Å². The van der Waals surface area contributed by atoms with Crippen molar-refractivity contribution in [3.8, 4) is 0 Å². The number of carbonyl (C=O) groups excluding carboxylic acids is 1. The van der Waals surface area contributed by atoms with Gasteiger partial charge in [-0.3, -0.25) is 9.69 Å². The van der Waals surface area contributed by atoms with Crippen LogP contribution in [0, 0.1) is 6.92 Å². The molecule has 1 aliphatic heterocycles. The van der Waals surface area contributed by atoms with E-state index >= 15 is 0 Å². The highest BCUT2D eigenvalue weighted by Crippen LogP contribution is 2.29. The quantitative estimate of drug-likeness (QED) is 0.699. The van der Waals surface area contributed by atoms with Crippen molar-refractivity contribution in [2.24, 2.45) is 0 Å². The van der Waals surface area contributed by atoms with Gasteiger partial charge in [-0.1, -0.05) is 0 Å². The smallest absolute Gasteiger partial charge is 0.150 e. The highest BCUT2D eigenvalue weighted by Gasteiger charge is 2.19. The van der Waals surface area contributed by atoms with E-state index in [0.29, 0.717) is 0 Å². The van der Waals surface area contributed by atoms with Gasteiger partial charge in [-0.15, -0.1) is 0 Å². The van der Waals surface area contributed by atoms with Crippen LogP contribution in [0.5, 0.6) is 0 Å². The van der Waals surface area contributed by atoms with Crippen LogP contribution in [0.3, 0.4) is 0 Å². The Morgan fingerprint density at radius 3 is 2.88 bits per heavy atom. The van der Waals surface area contributed by atoms with E-state index in [1.165, 1.54) is 22.2 Å². The van der Waals surface area contributed by atoms with Crippen LogP contribution in [-0.4, -0.2) is 29.3 Å². The zero-order valence-electron chi connectivity index (χ0n) is 10.2. The van der Waals surface area contributed by atoms with E-state index < -0.39 is 0 Å². The predicted molar refractivity (Wildman–Crippen MR) is 68.4 cm³/mol. The molecule has 1 aromatic heterocycles. The first-order chi connectivity index (χ1) is 8.20. The summed E-state index contributed by atoms with van der Waals surface area (Å²) >= 11 is 0. The first-order valence-corrected chi connectivity index (χ1v) is 5.96. The molecule has 0 N–H and O–H groups in total. The van der Waals surface area contributed by atoms with Gasteiger partial charge in [-0.05, 0) is 37.7 Å². The zero-order valence-corrected chi connectivity index (χ0v) is 10.2. The lowest BCUT2D eigenvalue weighted by molar-refractivity contribution is 0.112. The molecule has 0 bridgehead atoms. The van der Waals surface area contributed by atoms with Crippen molar-refractivity contribution in [1.82, 2.24) is 9.47 Å². The number of likely N-dealkylation sites (N-methyl/N-ethyl adjacent to an activating group) is 1. The van der Waals surface area contributed by atoms with Crippen molar-refractivity contribution in [1.29, 1.82) is 0 Å². The molecule has 0 saturated heterocycles. The van der Waals surface area contributed by atoms with Crippen molar-refractivity contribution in [3.05, 3.63) is 35.0 Å². The van der Waals surface area contributed by atoms with Gasteiger partial charge in [0.05, 0.1) is 0 Å². The molecule has 0 aliphatic carbocycles. The number of nitrogens with zero attached hydrogens (tertiary/aromatic N) is 2. The van der Waals surface area contributed by atoms with E-state index in [1.54, 1.807) is 0 Å². The van der Waals surface area contributed by atoms with Crippen LogP contribution in [-0.2, 0) is 13.1 Å². The van der Waals surface area contributed by atoms with Gasteiger partial charge in [-0.25, -0.2) is 0 Å². The van der Waals surface area contributed by atoms with Crippen LogP contribution in [0.15, 0.2) is 18.2 Å². The number of hydrogen-bond donors (Lipinski definition) is 0. The van der Waals surface area contributed by atoms with E-state index in [1.807, 2.05) is 12.1 Å². The van der Waals surface area contributed by atoms with Crippen LogP contribution in [0.4, 0.5) is 0 Å². The highest BCUT2D eigenvalue weighted by atomic mass is 16.1. The van der Waals surface area contributed by atoms with E-state index in [0.717, 1.165) is 31.5 Å². The topological polar surface area (TPSA) is 25.2 Å². The fraction of sp³-hybridized carbons (Fsp3) is 0.357. The first-order valence-electron chi connectivity index (χ1n) is 5.96. The van der Waals surface area contributed by atoms with Gasteiger partial charge in [0.1, 0.15) is 6.29 Å². The van der Waals surface area contributed by atoms with Gasteiger partial charge in [-0.2, -0.15) is 0 Å². The van der Waals surface area contributed by atoms with E-state index in [4.69, 9.17) is 0 Å². The Labute approximate surface area is 101 Å². The molecule has 1 aromatic carbocycles. The summed E-state index contributed by atoms with van der Waals surface area (Å²) < 4.78 is 2.39. The maximum absolute atomic E-state index is 10.8. The minimum absolute atomic E-state index is 0.761. The SMILES string of the molecule is Cc1c2n(c3ccc(C=O)cc13)CCN(C)C2. The second kappa shape index (κ2) is 3.70. The number of carbonyl (C=O) groups is 1. The third-order valence-corrected chi connectivity index (χ3v) is 3.74. The summed E-state index contributed by atoms with van der Waals surface area (Å²) in [6.07, 6.45) is 0.918. The first kappa shape index (κ1) is 10.5. The summed E-state index contributed by atoms with van der Waals surface area (Å²) in [6.45, 7) is 5.28. The predicted octanol–water partition coefficient (Wildman–Crippen LogP) is 2.21. The van der Waals surface area contributed by atoms with Crippen LogP contribution in [0.2, 0.25) is 0 Å². The lowest BCUT2D eigenvalue weighted by Gasteiger charge is -2.25. The van der Waals surface area contributed by atoms with Gasteiger partial charge in [0.25, 0.3) is 0 Å². The number of aryl methyl sites for hydroxylation is 1. The Morgan fingerprint density at radius 1 is 1.29 bits per heavy atom. The molecular formula is C14H16N2O. The van der Waals surface area contributed by atoms with E-state index in [2.05, 4.69) is 29.5 Å². The fourth-order valence-electron chi connectivity index (χ4n) is 2.73. The third kappa shape index (κ3) is 1.50. The van der Waals surface area contributed by atoms with Crippen molar-refractivity contribution < 1.29 is 4.79 Å². The van der Waals surface area contributed by atoms with Crippen molar-refractivity contribution in [2.75, 3.05) is 13.6 Å². The molecule has 17 heavy (non-hydrogen) atoms. The molecule has 2 heterocycles. The maximum atomic E-state index is 10.8. The second-order valence-corrected chi connectivity index (χ2v) is 4.86. The summed E-state index contributed by atoms with van der Waals surface area (Å²) in [5, 5.41) is 1.22. The van der Waals surface area contributed by atoms with Crippen LogP contribution >= 0.6 is 0 Å². The number of fused-ring (bicyclic) bond motifs is 3. The summed E-state index contributed by atoms with van der Waals surface area (Å²) in [7, 11) is 2.15. The molecule has 0 amide bonds. The summed E-state index contributed by atoms with van der Waals surface area (Å²) in [5.74, 6) is 0. The third-order valence-electron chi connectivity index (χ3n) is 3.74. The van der Waals surface area contributed by atoms with Crippen LogP contribution in [0.1, 0.15) is 21.6 Å². The molecule has 0 unspecified atom stereocenters. The minimum atomic E-state index is 0.761. The average molecular weight is 228 g/mol. The molecule has 1 aliphatic rings. The number of rotatable bonds is 1.